The van der Waals surface area contributed by atoms with Gasteiger partial charge in [0.25, 0.3) is 0 Å². The second-order valence-electron chi connectivity index (χ2n) is 6.14. The van der Waals surface area contributed by atoms with Crippen LogP contribution in [0, 0.1) is 11.7 Å². The first kappa shape index (κ1) is 16.5. The van der Waals surface area contributed by atoms with Gasteiger partial charge in [0.1, 0.15) is 5.88 Å². The van der Waals surface area contributed by atoms with E-state index in [1.54, 1.807) is 12.1 Å². The Bertz CT molecular complexity index is 583. The first-order chi connectivity index (χ1) is 11.1. The van der Waals surface area contributed by atoms with Crippen LogP contribution in [0.3, 0.4) is 0 Å². The molecule has 3 atom stereocenters. The van der Waals surface area contributed by atoms with Crippen LogP contribution in [0.25, 0.3) is 0 Å². The maximum atomic E-state index is 13.5. The summed E-state index contributed by atoms with van der Waals surface area (Å²) in [6, 6.07) is 4.84. The van der Waals surface area contributed by atoms with E-state index in [0.717, 1.165) is 31.4 Å². The van der Waals surface area contributed by atoms with Gasteiger partial charge in [-0.25, -0.2) is 4.39 Å². The number of nitrogens with zero attached hydrogens (tertiary/aromatic N) is 1. The van der Waals surface area contributed by atoms with Gasteiger partial charge in [0.2, 0.25) is 5.91 Å². The highest BCUT2D eigenvalue weighted by Crippen LogP contribution is 2.41. The van der Waals surface area contributed by atoms with Gasteiger partial charge in [0.05, 0.1) is 13.2 Å². The lowest BCUT2D eigenvalue weighted by Gasteiger charge is -2.51. The van der Waals surface area contributed by atoms with Crippen LogP contribution in [0.1, 0.15) is 24.8 Å². The predicted molar refractivity (Wildman–Crippen MR) is 85.1 cm³/mol. The van der Waals surface area contributed by atoms with Gasteiger partial charge in [0.15, 0.2) is 11.6 Å². The highest BCUT2D eigenvalue weighted by Gasteiger charge is 2.47. The molecule has 4 nitrogen and oxygen atoms in total. The fourth-order valence-corrected chi connectivity index (χ4v) is 3.74. The Labute approximate surface area is 140 Å². The summed E-state index contributed by atoms with van der Waals surface area (Å²) in [4.78, 5) is 14.1. The van der Waals surface area contributed by atoms with Crippen LogP contribution < -0.4 is 4.74 Å². The molecule has 0 spiro atoms. The molecule has 1 aliphatic heterocycles. The summed E-state index contributed by atoms with van der Waals surface area (Å²) in [5.74, 6) is 0.0268. The molecular formula is C17H21ClFNO3. The zero-order chi connectivity index (χ0) is 16.4. The minimum absolute atomic E-state index is 0.0485. The lowest BCUT2D eigenvalue weighted by atomic mass is 9.71. The number of carbonyl (C=O) groups excluding carboxylic acids is 1. The fourth-order valence-electron chi connectivity index (χ4n) is 3.59. The summed E-state index contributed by atoms with van der Waals surface area (Å²) in [6.45, 7) is 1.22. The minimum atomic E-state index is -0.407. The van der Waals surface area contributed by atoms with Crippen molar-refractivity contribution in [3.05, 3.63) is 29.6 Å². The van der Waals surface area contributed by atoms with Gasteiger partial charge in [-0.05, 0) is 37.0 Å². The third-order valence-corrected chi connectivity index (χ3v) is 5.09. The third-order valence-electron chi connectivity index (χ3n) is 4.86. The number of benzene rings is 1. The molecule has 2 aliphatic rings. The Morgan fingerprint density at radius 3 is 3.04 bits per heavy atom. The van der Waals surface area contributed by atoms with E-state index in [9.17, 15) is 9.18 Å². The molecule has 126 valence electrons. The number of carbonyl (C=O) groups is 1. The standard InChI is InChI=1S/C17H21ClFNO3/c1-22-16-7-11(4-5-13(16)19)10-20(17(21)9-18)14-8-15-12(14)3-2-6-23-15/h4-5,7,12,14-15H,2-3,6,8-10H2,1H3/t12-,14-,15+/m1/s1. The van der Waals surface area contributed by atoms with E-state index in [1.165, 1.54) is 13.2 Å². The van der Waals surface area contributed by atoms with Crippen molar-refractivity contribution < 1.29 is 18.7 Å². The quantitative estimate of drug-likeness (QED) is 0.773. The lowest BCUT2D eigenvalue weighted by Crippen LogP contribution is -2.59. The number of ether oxygens (including phenoxy) is 2. The molecular weight excluding hydrogens is 321 g/mol. The molecule has 1 aliphatic carbocycles. The zero-order valence-corrected chi connectivity index (χ0v) is 13.9. The Kier molecular flexibility index (Phi) is 5.07. The van der Waals surface area contributed by atoms with Crippen LogP contribution in [0.4, 0.5) is 4.39 Å². The molecule has 2 fully saturated rings. The SMILES string of the molecule is COc1cc(CN(C(=O)CCl)[C@@H]2C[C@@H]3OCCC[C@@H]32)ccc1F. The molecule has 6 heteroatoms. The number of hydrogen-bond acceptors (Lipinski definition) is 3. The smallest absolute Gasteiger partial charge is 0.238 e. The predicted octanol–water partition coefficient (Wildman–Crippen LogP) is 2.97. The summed E-state index contributed by atoms with van der Waals surface area (Å²) in [6.07, 6.45) is 3.23. The van der Waals surface area contributed by atoms with Gasteiger partial charge in [-0.1, -0.05) is 6.07 Å². The molecule has 0 N–H and O–H groups in total. The van der Waals surface area contributed by atoms with Crippen molar-refractivity contribution in [2.45, 2.75) is 38.0 Å². The van der Waals surface area contributed by atoms with Crippen molar-refractivity contribution in [2.75, 3.05) is 19.6 Å². The molecule has 1 saturated carbocycles. The van der Waals surface area contributed by atoms with Crippen molar-refractivity contribution in [3.63, 3.8) is 0 Å². The lowest BCUT2D eigenvalue weighted by molar-refractivity contribution is -0.157. The highest BCUT2D eigenvalue weighted by atomic mass is 35.5. The largest absolute Gasteiger partial charge is 0.494 e. The monoisotopic (exact) mass is 341 g/mol. The summed E-state index contributed by atoms with van der Waals surface area (Å²) in [7, 11) is 1.43. The van der Waals surface area contributed by atoms with Crippen LogP contribution in [0.5, 0.6) is 5.75 Å². The number of hydrogen-bond donors (Lipinski definition) is 0. The Hall–Kier alpha value is -1.33. The Balaban J connectivity index is 1.76. The number of alkyl halides is 1. The summed E-state index contributed by atoms with van der Waals surface area (Å²) in [5.41, 5.74) is 0.835. The second kappa shape index (κ2) is 7.05. The van der Waals surface area contributed by atoms with Gasteiger partial charge in [0, 0.05) is 25.1 Å². The Morgan fingerprint density at radius 2 is 2.35 bits per heavy atom. The van der Waals surface area contributed by atoms with Gasteiger partial charge in [-0.2, -0.15) is 0 Å². The number of amides is 1. The van der Waals surface area contributed by atoms with E-state index in [-0.39, 0.29) is 29.7 Å². The second-order valence-corrected chi connectivity index (χ2v) is 6.41. The maximum Gasteiger partial charge on any atom is 0.238 e. The molecule has 1 aromatic rings. The molecule has 0 radical (unpaired) electrons. The molecule has 1 saturated heterocycles. The highest BCUT2D eigenvalue weighted by molar-refractivity contribution is 6.27. The number of halogens is 2. The van der Waals surface area contributed by atoms with E-state index in [1.807, 2.05) is 4.90 Å². The van der Waals surface area contributed by atoms with E-state index >= 15 is 0 Å². The van der Waals surface area contributed by atoms with Crippen molar-refractivity contribution in [3.8, 4) is 5.75 Å². The van der Waals surface area contributed by atoms with Crippen molar-refractivity contribution in [1.29, 1.82) is 0 Å². The molecule has 3 rings (SSSR count). The fraction of sp³-hybridized carbons (Fsp3) is 0.588. The minimum Gasteiger partial charge on any atom is -0.494 e. The van der Waals surface area contributed by atoms with Crippen molar-refractivity contribution in [1.82, 2.24) is 4.90 Å². The average Bonchev–Trinajstić information content (AvgIpc) is 2.55. The van der Waals surface area contributed by atoms with Crippen LogP contribution in [0.2, 0.25) is 0 Å². The van der Waals surface area contributed by atoms with Gasteiger partial charge in [-0.15, -0.1) is 11.6 Å². The van der Waals surface area contributed by atoms with E-state index in [2.05, 4.69) is 0 Å². The maximum absolute atomic E-state index is 13.5. The number of rotatable bonds is 5. The first-order valence-corrected chi connectivity index (χ1v) is 8.47. The van der Waals surface area contributed by atoms with Crippen molar-refractivity contribution in [2.24, 2.45) is 5.92 Å². The summed E-state index contributed by atoms with van der Waals surface area (Å²) < 4.78 is 24.3. The van der Waals surface area contributed by atoms with Gasteiger partial charge >= 0.3 is 0 Å². The number of methoxy groups -OCH3 is 1. The van der Waals surface area contributed by atoms with Crippen LogP contribution in [-0.4, -0.2) is 42.5 Å². The Morgan fingerprint density at radius 1 is 1.52 bits per heavy atom. The first-order valence-electron chi connectivity index (χ1n) is 7.93. The molecule has 23 heavy (non-hydrogen) atoms. The average molecular weight is 342 g/mol. The number of fused-ring (bicyclic) bond motifs is 1. The van der Waals surface area contributed by atoms with E-state index < -0.39 is 5.82 Å². The van der Waals surface area contributed by atoms with Gasteiger partial charge in [-0.3, -0.25) is 4.79 Å². The molecule has 0 unspecified atom stereocenters. The summed E-state index contributed by atoms with van der Waals surface area (Å²) in [5, 5.41) is 0. The molecule has 1 aromatic carbocycles. The topological polar surface area (TPSA) is 38.8 Å². The van der Waals surface area contributed by atoms with Crippen LogP contribution in [0.15, 0.2) is 18.2 Å². The zero-order valence-electron chi connectivity index (χ0n) is 13.1. The van der Waals surface area contributed by atoms with Crippen molar-refractivity contribution >= 4 is 17.5 Å². The normalized spacial score (nSPS) is 26.1. The summed E-state index contributed by atoms with van der Waals surface area (Å²) >= 11 is 5.79. The molecule has 1 heterocycles. The molecule has 0 aromatic heterocycles. The van der Waals surface area contributed by atoms with E-state index in [0.29, 0.717) is 12.5 Å². The van der Waals surface area contributed by atoms with Crippen LogP contribution >= 0.6 is 11.6 Å². The third kappa shape index (κ3) is 3.31. The van der Waals surface area contributed by atoms with Crippen LogP contribution in [-0.2, 0) is 16.1 Å². The molecule has 1 amide bonds. The van der Waals surface area contributed by atoms with E-state index in [4.69, 9.17) is 21.1 Å². The molecule has 0 bridgehead atoms. The van der Waals surface area contributed by atoms with Gasteiger partial charge < -0.3 is 14.4 Å².